The fraction of sp³-hybridized carbons (Fsp3) is 0.588. The van der Waals surface area contributed by atoms with Crippen LogP contribution in [0.25, 0.3) is 0 Å². The number of nitrogens with zero attached hydrogens (tertiary/aromatic N) is 1. The minimum atomic E-state index is -0.482. The van der Waals surface area contributed by atoms with Crippen LogP contribution in [0.1, 0.15) is 26.7 Å². The van der Waals surface area contributed by atoms with Crippen LogP contribution < -0.4 is 15.8 Å². The molecule has 124 valence electrons. The molecule has 5 nitrogen and oxygen atoms in total. The zero-order valence-electron chi connectivity index (χ0n) is 14.1. The lowest BCUT2D eigenvalue weighted by Crippen LogP contribution is -2.36. The third-order valence-electron chi connectivity index (χ3n) is 3.18. The summed E-state index contributed by atoms with van der Waals surface area (Å²) in [5.41, 5.74) is 6.60. The Morgan fingerprint density at radius 1 is 1.36 bits per heavy atom. The standard InChI is InChI=1S/C17H29N3O2/c1-13(2)11-16(18)17(21)19-14-7-5-8-15(12-14)22-10-6-9-20(3)4/h5,7-8,12-13,16H,6,9-11,18H2,1-4H3,(H,19,21)/t16-/m0/s1. The third-order valence-corrected chi connectivity index (χ3v) is 3.18. The topological polar surface area (TPSA) is 67.6 Å². The molecule has 1 rings (SSSR count). The van der Waals surface area contributed by atoms with Crippen molar-refractivity contribution in [1.82, 2.24) is 4.90 Å². The van der Waals surface area contributed by atoms with Gasteiger partial charge in [0.25, 0.3) is 0 Å². The molecule has 0 aromatic heterocycles. The van der Waals surface area contributed by atoms with E-state index in [9.17, 15) is 4.79 Å². The Balaban J connectivity index is 2.48. The van der Waals surface area contributed by atoms with Gasteiger partial charge in [0.05, 0.1) is 12.6 Å². The van der Waals surface area contributed by atoms with Crippen molar-refractivity contribution in [3.63, 3.8) is 0 Å². The van der Waals surface area contributed by atoms with E-state index in [1.807, 2.05) is 38.4 Å². The summed E-state index contributed by atoms with van der Waals surface area (Å²) < 4.78 is 5.69. The molecule has 0 aliphatic carbocycles. The summed E-state index contributed by atoms with van der Waals surface area (Å²) in [4.78, 5) is 14.1. The first-order chi connectivity index (χ1) is 10.4. The minimum Gasteiger partial charge on any atom is -0.493 e. The minimum absolute atomic E-state index is 0.154. The zero-order chi connectivity index (χ0) is 16.5. The van der Waals surface area contributed by atoms with Gasteiger partial charge in [-0.25, -0.2) is 0 Å². The quantitative estimate of drug-likeness (QED) is 0.687. The highest BCUT2D eigenvalue weighted by Crippen LogP contribution is 2.18. The predicted octanol–water partition coefficient (Wildman–Crippen LogP) is 2.33. The van der Waals surface area contributed by atoms with Crippen LogP contribution in [-0.2, 0) is 4.79 Å². The number of amides is 1. The highest BCUT2D eigenvalue weighted by atomic mass is 16.5. The van der Waals surface area contributed by atoms with Crippen LogP contribution in [0.4, 0.5) is 5.69 Å². The normalized spacial score (nSPS) is 12.5. The Labute approximate surface area is 133 Å². The first kappa shape index (κ1) is 18.5. The molecule has 0 fully saturated rings. The molecule has 1 aromatic rings. The maximum absolute atomic E-state index is 12.0. The molecule has 3 N–H and O–H groups in total. The third kappa shape index (κ3) is 7.43. The SMILES string of the molecule is CC(C)C[C@H](N)C(=O)Nc1cccc(OCCCN(C)C)c1. The number of anilines is 1. The van der Waals surface area contributed by atoms with Crippen LogP contribution in [0.15, 0.2) is 24.3 Å². The van der Waals surface area contributed by atoms with E-state index in [0.717, 1.165) is 18.7 Å². The zero-order valence-corrected chi connectivity index (χ0v) is 14.1. The smallest absolute Gasteiger partial charge is 0.241 e. The van der Waals surface area contributed by atoms with E-state index in [0.29, 0.717) is 24.6 Å². The lowest BCUT2D eigenvalue weighted by Gasteiger charge is -2.15. The summed E-state index contributed by atoms with van der Waals surface area (Å²) in [6.07, 6.45) is 1.63. The van der Waals surface area contributed by atoms with Gasteiger partial charge >= 0.3 is 0 Å². The van der Waals surface area contributed by atoms with E-state index in [4.69, 9.17) is 10.5 Å². The van der Waals surface area contributed by atoms with E-state index in [-0.39, 0.29) is 5.91 Å². The van der Waals surface area contributed by atoms with Crippen molar-refractivity contribution in [3.05, 3.63) is 24.3 Å². The van der Waals surface area contributed by atoms with E-state index in [1.165, 1.54) is 0 Å². The highest BCUT2D eigenvalue weighted by Gasteiger charge is 2.15. The van der Waals surface area contributed by atoms with Gasteiger partial charge in [-0.15, -0.1) is 0 Å². The van der Waals surface area contributed by atoms with Crippen molar-refractivity contribution in [3.8, 4) is 5.75 Å². The Morgan fingerprint density at radius 3 is 2.73 bits per heavy atom. The highest BCUT2D eigenvalue weighted by molar-refractivity contribution is 5.94. The number of nitrogens with two attached hydrogens (primary N) is 1. The van der Waals surface area contributed by atoms with E-state index in [1.54, 1.807) is 0 Å². The number of nitrogens with one attached hydrogen (secondary N) is 1. The van der Waals surface area contributed by atoms with Gasteiger partial charge in [0, 0.05) is 18.3 Å². The number of hydrogen-bond acceptors (Lipinski definition) is 4. The summed E-state index contributed by atoms with van der Waals surface area (Å²) in [5.74, 6) is 1.000. The molecular formula is C17H29N3O2. The van der Waals surface area contributed by atoms with Crippen molar-refractivity contribution in [1.29, 1.82) is 0 Å². The summed E-state index contributed by atoms with van der Waals surface area (Å²) >= 11 is 0. The van der Waals surface area contributed by atoms with Crippen LogP contribution in [0.3, 0.4) is 0 Å². The van der Waals surface area contributed by atoms with Gasteiger partial charge in [-0.1, -0.05) is 19.9 Å². The van der Waals surface area contributed by atoms with Crippen molar-refractivity contribution < 1.29 is 9.53 Å². The van der Waals surface area contributed by atoms with Crippen LogP contribution in [-0.4, -0.2) is 44.1 Å². The largest absolute Gasteiger partial charge is 0.493 e. The summed E-state index contributed by atoms with van der Waals surface area (Å²) in [6, 6.07) is 6.94. The molecule has 0 spiro atoms. The number of ether oxygens (including phenoxy) is 1. The molecule has 1 aromatic carbocycles. The average molecular weight is 307 g/mol. The van der Waals surface area contributed by atoms with Gasteiger partial charge in [-0.2, -0.15) is 0 Å². The van der Waals surface area contributed by atoms with E-state index in [2.05, 4.69) is 24.1 Å². The summed E-state index contributed by atoms with van der Waals surface area (Å²) in [7, 11) is 4.08. The maximum atomic E-state index is 12.0. The Kier molecular flexibility index (Phi) is 7.91. The molecule has 0 aliphatic rings. The Bertz CT molecular complexity index is 461. The first-order valence-corrected chi connectivity index (χ1v) is 7.82. The summed E-state index contributed by atoms with van der Waals surface area (Å²) in [5, 5.41) is 2.84. The fourth-order valence-electron chi connectivity index (χ4n) is 2.08. The van der Waals surface area contributed by atoms with Crippen molar-refractivity contribution >= 4 is 11.6 Å². The second-order valence-corrected chi connectivity index (χ2v) is 6.26. The van der Waals surface area contributed by atoms with Gasteiger partial charge < -0.3 is 20.7 Å². The first-order valence-electron chi connectivity index (χ1n) is 7.82. The molecule has 0 unspecified atom stereocenters. The number of carbonyl (C=O) groups is 1. The molecule has 0 aliphatic heterocycles. The van der Waals surface area contributed by atoms with Crippen LogP contribution in [0.5, 0.6) is 5.75 Å². The van der Waals surface area contributed by atoms with E-state index < -0.39 is 6.04 Å². The fourth-order valence-corrected chi connectivity index (χ4v) is 2.08. The summed E-state index contributed by atoms with van der Waals surface area (Å²) in [6.45, 7) is 5.74. The van der Waals surface area contributed by atoms with E-state index >= 15 is 0 Å². The molecular weight excluding hydrogens is 278 g/mol. The molecule has 22 heavy (non-hydrogen) atoms. The van der Waals surface area contributed by atoms with Crippen molar-refractivity contribution in [2.24, 2.45) is 11.7 Å². The molecule has 1 atom stereocenters. The second kappa shape index (κ2) is 9.43. The Morgan fingerprint density at radius 2 is 2.09 bits per heavy atom. The van der Waals surface area contributed by atoms with Crippen LogP contribution in [0.2, 0.25) is 0 Å². The Hall–Kier alpha value is -1.59. The van der Waals surface area contributed by atoms with Crippen LogP contribution in [0, 0.1) is 5.92 Å². The molecule has 5 heteroatoms. The second-order valence-electron chi connectivity index (χ2n) is 6.26. The van der Waals surface area contributed by atoms with Gasteiger partial charge in [-0.3, -0.25) is 4.79 Å². The average Bonchev–Trinajstić information content (AvgIpc) is 2.43. The van der Waals surface area contributed by atoms with Gasteiger partial charge in [0.1, 0.15) is 5.75 Å². The van der Waals surface area contributed by atoms with Gasteiger partial charge in [0.15, 0.2) is 0 Å². The van der Waals surface area contributed by atoms with Gasteiger partial charge in [0.2, 0.25) is 5.91 Å². The van der Waals surface area contributed by atoms with Crippen molar-refractivity contribution in [2.45, 2.75) is 32.7 Å². The monoisotopic (exact) mass is 307 g/mol. The number of rotatable bonds is 9. The predicted molar refractivity (Wildman–Crippen MR) is 91.2 cm³/mol. The molecule has 0 saturated carbocycles. The number of hydrogen-bond donors (Lipinski definition) is 2. The lowest BCUT2D eigenvalue weighted by molar-refractivity contribution is -0.117. The van der Waals surface area contributed by atoms with Crippen LogP contribution >= 0.6 is 0 Å². The molecule has 0 bridgehead atoms. The molecule has 0 radical (unpaired) electrons. The lowest BCUT2D eigenvalue weighted by atomic mass is 10.0. The number of carbonyl (C=O) groups excluding carboxylic acids is 1. The van der Waals surface area contributed by atoms with Gasteiger partial charge in [-0.05, 0) is 45.0 Å². The number of benzene rings is 1. The molecule has 0 heterocycles. The van der Waals surface area contributed by atoms with Crippen molar-refractivity contribution in [2.75, 3.05) is 32.6 Å². The maximum Gasteiger partial charge on any atom is 0.241 e. The molecule has 1 amide bonds. The molecule has 0 saturated heterocycles.